The van der Waals surface area contributed by atoms with Crippen LogP contribution >= 0.6 is 0 Å². The van der Waals surface area contributed by atoms with Gasteiger partial charge in [-0.1, -0.05) is 36.4 Å². The van der Waals surface area contributed by atoms with Crippen molar-refractivity contribution in [2.75, 3.05) is 6.61 Å². The number of benzene rings is 3. The first kappa shape index (κ1) is 26.0. The van der Waals surface area contributed by atoms with Crippen molar-refractivity contribution >= 4 is 0 Å². The summed E-state index contributed by atoms with van der Waals surface area (Å²) in [6, 6.07) is 19.7. The van der Waals surface area contributed by atoms with E-state index in [0.717, 1.165) is 50.3 Å². The molecule has 37 heavy (non-hydrogen) atoms. The first-order valence-electron chi connectivity index (χ1n) is 12.2. The van der Waals surface area contributed by atoms with E-state index in [1.807, 2.05) is 50.2 Å². The Balaban J connectivity index is 1.41. The molecule has 0 radical (unpaired) electrons. The van der Waals surface area contributed by atoms with Crippen LogP contribution in [0.25, 0.3) is 11.1 Å². The monoisotopic (exact) mass is 503 g/mol. The Morgan fingerprint density at radius 1 is 0.946 bits per heavy atom. The van der Waals surface area contributed by atoms with Gasteiger partial charge in [0.2, 0.25) is 0 Å². The smallest absolute Gasteiger partial charge is 0.440 e. The van der Waals surface area contributed by atoms with Gasteiger partial charge in [-0.05, 0) is 91.8 Å². The Morgan fingerprint density at radius 3 is 2.32 bits per heavy atom. The topological polar surface area (TPSA) is 112 Å². The largest absolute Gasteiger partial charge is 0.494 e. The minimum Gasteiger partial charge on any atom is -0.494 e. The first-order valence-corrected chi connectivity index (χ1v) is 12.2. The number of aryl methyl sites for hydroxylation is 1. The molecule has 8 heteroatoms. The number of nitrogens with one attached hydrogen (secondary N) is 1. The van der Waals surface area contributed by atoms with Crippen molar-refractivity contribution in [2.24, 2.45) is 5.73 Å². The van der Waals surface area contributed by atoms with Crippen LogP contribution < -0.4 is 26.7 Å². The molecule has 4 rings (SSSR count). The molecule has 0 saturated carbocycles. The molecule has 0 spiro atoms. The minimum absolute atomic E-state index is 0.160. The maximum Gasteiger partial charge on any atom is 0.440 e. The maximum absolute atomic E-state index is 11.6. The van der Waals surface area contributed by atoms with E-state index < -0.39 is 11.4 Å². The zero-order valence-corrected chi connectivity index (χ0v) is 21.7. The maximum atomic E-state index is 11.6. The molecule has 0 aliphatic heterocycles. The normalized spacial score (nSPS) is 11.5. The van der Waals surface area contributed by atoms with Gasteiger partial charge in [0.15, 0.2) is 0 Å². The summed E-state index contributed by atoms with van der Waals surface area (Å²) < 4.78 is 17.7. The van der Waals surface area contributed by atoms with E-state index in [-0.39, 0.29) is 12.1 Å². The second-order valence-electron chi connectivity index (χ2n) is 9.93. The van der Waals surface area contributed by atoms with Crippen LogP contribution in [0.3, 0.4) is 0 Å². The number of aromatic nitrogens is 2. The van der Waals surface area contributed by atoms with E-state index in [4.69, 9.17) is 19.7 Å². The molecule has 8 nitrogen and oxygen atoms in total. The Labute approximate surface area is 215 Å². The van der Waals surface area contributed by atoms with Gasteiger partial charge in [0.1, 0.15) is 18.1 Å². The van der Waals surface area contributed by atoms with Gasteiger partial charge < -0.3 is 19.7 Å². The molecule has 0 fully saturated rings. The van der Waals surface area contributed by atoms with Crippen molar-refractivity contribution in [3.8, 4) is 22.6 Å². The van der Waals surface area contributed by atoms with Gasteiger partial charge in [-0.2, -0.15) is 0 Å². The van der Waals surface area contributed by atoms with Crippen LogP contribution in [0.2, 0.25) is 0 Å². The molecule has 3 aromatic carbocycles. The summed E-state index contributed by atoms with van der Waals surface area (Å²) in [5.41, 5.74) is 11.7. The van der Waals surface area contributed by atoms with E-state index in [1.165, 1.54) is 0 Å². The van der Waals surface area contributed by atoms with Gasteiger partial charge in [-0.15, -0.1) is 4.74 Å². The highest BCUT2D eigenvalue weighted by atomic mass is 16.5. The summed E-state index contributed by atoms with van der Waals surface area (Å²) in [6.07, 6.45) is 0.780. The molecule has 1 heterocycles. The summed E-state index contributed by atoms with van der Waals surface area (Å²) in [5.74, 6) is 0.776. The molecule has 0 aliphatic carbocycles. The SMILES string of the molecule is Cc1cc(OCCC(C)(C)N)ccc1-c1cccc(COc2ccc(Cn3oc(=O)[nH]c3=O)cc2)c1C. The average molecular weight is 504 g/mol. The van der Waals surface area contributed by atoms with Crippen LogP contribution in [0.1, 0.15) is 42.5 Å². The highest BCUT2D eigenvalue weighted by Crippen LogP contribution is 2.31. The van der Waals surface area contributed by atoms with Crippen molar-refractivity contribution in [3.63, 3.8) is 0 Å². The number of nitrogens with two attached hydrogens (primary N) is 1. The Bertz CT molecular complexity index is 1470. The zero-order valence-electron chi connectivity index (χ0n) is 21.7. The number of aromatic amines is 1. The summed E-state index contributed by atoms with van der Waals surface area (Å²) in [5, 5.41) is 0. The van der Waals surface area contributed by atoms with Gasteiger partial charge in [0, 0.05) is 5.54 Å². The standard InChI is InChI=1S/C29H33N3O5/c1-19-16-24(35-15-14-29(3,4)30)12-13-25(19)26-7-5-6-22(20(26)2)18-36-23-10-8-21(9-11-23)17-32-27(33)31-28(34)37-32/h5-13,16H,14-15,17-18,30H2,1-4H3,(H,31,33,34). The lowest BCUT2D eigenvalue weighted by Crippen LogP contribution is -2.33. The van der Waals surface area contributed by atoms with Gasteiger partial charge in [0.05, 0.1) is 13.2 Å². The Hall–Kier alpha value is -4.04. The molecule has 0 amide bonds. The number of H-pyrrole nitrogens is 1. The fraction of sp³-hybridized carbons (Fsp3) is 0.310. The van der Waals surface area contributed by atoms with Gasteiger partial charge in [-0.25, -0.2) is 14.6 Å². The fourth-order valence-corrected chi connectivity index (χ4v) is 4.03. The third kappa shape index (κ3) is 6.80. The van der Waals surface area contributed by atoms with E-state index in [1.54, 1.807) is 0 Å². The van der Waals surface area contributed by atoms with Crippen LogP contribution in [-0.2, 0) is 13.2 Å². The zero-order chi connectivity index (χ0) is 26.6. The molecule has 3 N–H and O–H groups in total. The van der Waals surface area contributed by atoms with E-state index in [0.29, 0.717) is 19.0 Å². The number of ether oxygens (including phenoxy) is 2. The lowest BCUT2D eigenvalue weighted by molar-refractivity contribution is 0.258. The molecule has 1 aromatic heterocycles. The van der Waals surface area contributed by atoms with Crippen LogP contribution in [0.15, 0.2) is 74.8 Å². The second kappa shape index (κ2) is 10.9. The third-order valence-electron chi connectivity index (χ3n) is 6.22. The van der Waals surface area contributed by atoms with Crippen molar-refractivity contribution in [3.05, 3.63) is 104 Å². The quantitative estimate of drug-likeness (QED) is 0.328. The highest BCUT2D eigenvalue weighted by Gasteiger charge is 2.13. The van der Waals surface area contributed by atoms with E-state index in [9.17, 15) is 9.59 Å². The number of nitrogens with zero attached hydrogens (tertiary/aromatic N) is 1. The molecular weight excluding hydrogens is 470 g/mol. The molecule has 0 atom stereocenters. The van der Waals surface area contributed by atoms with Crippen molar-refractivity contribution < 1.29 is 14.0 Å². The lowest BCUT2D eigenvalue weighted by Gasteiger charge is -2.19. The molecule has 194 valence electrons. The van der Waals surface area contributed by atoms with Crippen LogP contribution in [0.5, 0.6) is 11.5 Å². The summed E-state index contributed by atoms with van der Waals surface area (Å²) in [4.78, 5) is 24.8. The fourth-order valence-electron chi connectivity index (χ4n) is 4.03. The predicted molar refractivity (Wildman–Crippen MR) is 143 cm³/mol. The number of hydrogen-bond acceptors (Lipinski definition) is 6. The van der Waals surface area contributed by atoms with Crippen LogP contribution in [-0.4, -0.2) is 21.9 Å². The molecule has 4 aromatic rings. The first-order chi connectivity index (χ1) is 17.6. The van der Waals surface area contributed by atoms with Gasteiger partial charge in [-0.3, -0.25) is 0 Å². The van der Waals surface area contributed by atoms with Crippen LogP contribution in [0.4, 0.5) is 0 Å². The molecule has 0 aliphatic rings. The summed E-state index contributed by atoms with van der Waals surface area (Å²) in [6.45, 7) is 9.34. The highest BCUT2D eigenvalue weighted by molar-refractivity contribution is 5.72. The van der Waals surface area contributed by atoms with Crippen molar-refractivity contribution in [2.45, 2.75) is 52.8 Å². The van der Waals surface area contributed by atoms with E-state index >= 15 is 0 Å². The summed E-state index contributed by atoms with van der Waals surface area (Å²) >= 11 is 0. The van der Waals surface area contributed by atoms with Gasteiger partial charge in [0.25, 0.3) is 0 Å². The summed E-state index contributed by atoms with van der Waals surface area (Å²) in [7, 11) is 0. The van der Waals surface area contributed by atoms with Crippen molar-refractivity contribution in [1.29, 1.82) is 0 Å². The predicted octanol–water partition coefficient (Wildman–Crippen LogP) is 4.55. The minimum atomic E-state index is -0.770. The second-order valence-corrected chi connectivity index (χ2v) is 9.93. The molecular formula is C29H33N3O5. The third-order valence-corrected chi connectivity index (χ3v) is 6.22. The Morgan fingerprint density at radius 2 is 1.68 bits per heavy atom. The molecule has 0 bridgehead atoms. The van der Waals surface area contributed by atoms with Gasteiger partial charge >= 0.3 is 11.4 Å². The lowest BCUT2D eigenvalue weighted by atomic mass is 9.93. The molecule has 0 unspecified atom stereocenters. The molecule has 0 saturated heterocycles. The van der Waals surface area contributed by atoms with Crippen LogP contribution in [0, 0.1) is 13.8 Å². The average Bonchev–Trinajstić information content (AvgIpc) is 3.15. The van der Waals surface area contributed by atoms with E-state index in [2.05, 4.69) is 43.1 Å². The Kier molecular flexibility index (Phi) is 7.69. The van der Waals surface area contributed by atoms with Crippen molar-refractivity contribution in [1.82, 2.24) is 9.72 Å². The number of rotatable bonds is 10. The number of hydrogen-bond donors (Lipinski definition) is 2.